The SMILES string of the molecule is Cc1cc(N=Nc2ccc(N(C)CCCCCCO)cc2)ccc1C#Cc1ccc([N+](=O)[O-])cc1C#N. The Morgan fingerprint density at radius 2 is 1.54 bits per heavy atom. The zero-order valence-corrected chi connectivity index (χ0v) is 21.0. The molecule has 0 heterocycles. The summed E-state index contributed by atoms with van der Waals surface area (Å²) in [6, 6.07) is 19.5. The molecule has 0 bridgehead atoms. The highest BCUT2D eigenvalue weighted by Crippen LogP contribution is 2.24. The van der Waals surface area contributed by atoms with E-state index in [0.717, 1.165) is 54.7 Å². The van der Waals surface area contributed by atoms with Crippen LogP contribution < -0.4 is 4.90 Å². The quantitative estimate of drug-likeness (QED) is 0.112. The Bertz CT molecular complexity index is 1370. The van der Waals surface area contributed by atoms with Crippen molar-refractivity contribution in [3.8, 4) is 17.9 Å². The fourth-order valence-corrected chi connectivity index (χ4v) is 3.66. The highest BCUT2D eigenvalue weighted by Gasteiger charge is 2.09. The van der Waals surface area contributed by atoms with E-state index in [0.29, 0.717) is 11.3 Å². The Hall–Kier alpha value is -4.53. The van der Waals surface area contributed by atoms with Gasteiger partial charge in [0.1, 0.15) is 6.07 Å². The topological polar surface area (TPSA) is 115 Å². The molecule has 0 amide bonds. The van der Waals surface area contributed by atoms with Crippen molar-refractivity contribution in [2.75, 3.05) is 25.1 Å². The van der Waals surface area contributed by atoms with Gasteiger partial charge in [0.2, 0.25) is 0 Å². The van der Waals surface area contributed by atoms with Crippen LogP contribution in [0.15, 0.2) is 70.9 Å². The number of rotatable bonds is 10. The minimum atomic E-state index is -0.535. The van der Waals surface area contributed by atoms with Gasteiger partial charge in [-0.1, -0.05) is 24.7 Å². The molecule has 0 spiro atoms. The number of aryl methyl sites for hydroxylation is 1. The number of anilines is 1. The van der Waals surface area contributed by atoms with Gasteiger partial charge in [0, 0.05) is 49.1 Å². The highest BCUT2D eigenvalue weighted by atomic mass is 16.6. The first kappa shape index (κ1) is 27.1. The van der Waals surface area contributed by atoms with E-state index < -0.39 is 4.92 Å². The first-order valence-electron chi connectivity index (χ1n) is 12.1. The third-order valence-electron chi connectivity index (χ3n) is 5.85. The predicted molar refractivity (Wildman–Crippen MR) is 144 cm³/mol. The van der Waals surface area contributed by atoms with Crippen LogP contribution in [0.1, 0.15) is 47.9 Å². The smallest absolute Gasteiger partial charge is 0.270 e. The summed E-state index contributed by atoms with van der Waals surface area (Å²) < 4.78 is 0. The third-order valence-corrected chi connectivity index (χ3v) is 5.85. The molecule has 0 aliphatic heterocycles. The van der Waals surface area contributed by atoms with Gasteiger partial charge in [-0.05, 0) is 73.9 Å². The molecule has 0 saturated carbocycles. The number of aliphatic hydroxyl groups is 1. The maximum atomic E-state index is 10.9. The van der Waals surface area contributed by atoms with Crippen LogP contribution in [-0.4, -0.2) is 30.2 Å². The lowest BCUT2D eigenvalue weighted by atomic mass is 10.1. The van der Waals surface area contributed by atoms with E-state index in [4.69, 9.17) is 5.11 Å². The number of nitro benzene ring substituents is 1. The van der Waals surface area contributed by atoms with Crippen molar-refractivity contribution in [3.05, 3.63) is 93.0 Å². The maximum Gasteiger partial charge on any atom is 0.270 e. The van der Waals surface area contributed by atoms with Gasteiger partial charge >= 0.3 is 0 Å². The number of non-ortho nitro benzene ring substituents is 1. The van der Waals surface area contributed by atoms with Crippen molar-refractivity contribution < 1.29 is 10.0 Å². The molecule has 0 aliphatic rings. The van der Waals surface area contributed by atoms with Gasteiger partial charge < -0.3 is 10.0 Å². The van der Waals surface area contributed by atoms with Crippen molar-refractivity contribution in [2.24, 2.45) is 10.2 Å². The normalized spacial score (nSPS) is 10.5. The van der Waals surface area contributed by atoms with Gasteiger partial charge in [0.05, 0.1) is 21.9 Å². The molecule has 188 valence electrons. The molecule has 0 radical (unpaired) electrons. The molecule has 37 heavy (non-hydrogen) atoms. The number of hydrogen-bond donors (Lipinski definition) is 1. The number of azo groups is 1. The first-order valence-corrected chi connectivity index (χ1v) is 12.1. The number of hydrogen-bond acceptors (Lipinski definition) is 7. The highest BCUT2D eigenvalue weighted by molar-refractivity contribution is 5.57. The molecule has 0 fully saturated rings. The fraction of sp³-hybridized carbons (Fsp3) is 0.276. The molecule has 0 unspecified atom stereocenters. The van der Waals surface area contributed by atoms with Gasteiger partial charge in [-0.25, -0.2) is 0 Å². The summed E-state index contributed by atoms with van der Waals surface area (Å²) >= 11 is 0. The van der Waals surface area contributed by atoms with Crippen molar-refractivity contribution in [2.45, 2.75) is 32.6 Å². The molecule has 8 heteroatoms. The lowest BCUT2D eigenvalue weighted by molar-refractivity contribution is -0.384. The Morgan fingerprint density at radius 3 is 2.22 bits per heavy atom. The summed E-state index contributed by atoms with van der Waals surface area (Å²) in [5, 5.41) is 37.8. The average molecular weight is 496 g/mol. The van der Waals surface area contributed by atoms with Crippen LogP contribution in [0, 0.1) is 40.2 Å². The van der Waals surface area contributed by atoms with Gasteiger partial charge in [-0.15, -0.1) is 0 Å². The summed E-state index contributed by atoms with van der Waals surface area (Å²) in [6.45, 7) is 3.14. The van der Waals surface area contributed by atoms with Crippen molar-refractivity contribution >= 4 is 22.7 Å². The van der Waals surface area contributed by atoms with Gasteiger partial charge in [-0.3, -0.25) is 10.1 Å². The van der Waals surface area contributed by atoms with E-state index in [1.54, 1.807) is 0 Å². The Morgan fingerprint density at radius 1 is 0.892 bits per heavy atom. The summed E-state index contributed by atoms with van der Waals surface area (Å²) in [4.78, 5) is 12.6. The van der Waals surface area contributed by atoms with Gasteiger partial charge in [0.15, 0.2) is 0 Å². The third kappa shape index (κ3) is 7.99. The van der Waals surface area contributed by atoms with E-state index in [1.165, 1.54) is 18.2 Å². The average Bonchev–Trinajstić information content (AvgIpc) is 2.91. The summed E-state index contributed by atoms with van der Waals surface area (Å²) in [6.07, 6.45) is 4.12. The van der Waals surface area contributed by atoms with Crippen LogP contribution in [0.2, 0.25) is 0 Å². The second kappa shape index (κ2) is 13.5. The van der Waals surface area contributed by atoms with Crippen molar-refractivity contribution in [1.29, 1.82) is 5.26 Å². The second-order valence-corrected chi connectivity index (χ2v) is 8.62. The van der Waals surface area contributed by atoms with Crippen LogP contribution in [0.25, 0.3) is 0 Å². The van der Waals surface area contributed by atoms with E-state index in [9.17, 15) is 15.4 Å². The molecule has 0 atom stereocenters. The van der Waals surface area contributed by atoms with Crippen LogP contribution >= 0.6 is 0 Å². The van der Waals surface area contributed by atoms with E-state index in [1.807, 2.05) is 55.5 Å². The Labute approximate surface area is 217 Å². The summed E-state index contributed by atoms with van der Waals surface area (Å²) in [5.74, 6) is 5.97. The molecule has 0 aliphatic carbocycles. The number of aliphatic hydroxyl groups excluding tert-OH is 1. The van der Waals surface area contributed by atoms with E-state index in [-0.39, 0.29) is 17.9 Å². The summed E-state index contributed by atoms with van der Waals surface area (Å²) in [5.41, 5.74) is 4.70. The number of benzene rings is 3. The molecule has 8 nitrogen and oxygen atoms in total. The largest absolute Gasteiger partial charge is 0.396 e. The minimum Gasteiger partial charge on any atom is -0.396 e. The Balaban J connectivity index is 1.63. The standard InChI is InChI=1S/C29H29N5O3/c1-22-19-27(11-9-23(22)7-8-24-10-14-29(34(36)37)20-25(24)21-30)32-31-26-12-15-28(16-13-26)33(2)17-5-3-4-6-18-35/h9-16,19-20,35H,3-6,17-18H2,1-2H3. The maximum absolute atomic E-state index is 10.9. The molecular weight excluding hydrogens is 466 g/mol. The number of nitrogens with zero attached hydrogens (tertiary/aromatic N) is 5. The lowest BCUT2D eigenvalue weighted by Crippen LogP contribution is -2.18. The molecule has 1 N–H and O–H groups in total. The lowest BCUT2D eigenvalue weighted by Gasteiger charge is -2.19. The van der Waals surface area contributed by atoms with Crippen molar-refractivity contribution in [3.63, 3.8) is 0 Å². The molecule has 3 aromatic carbocycles. The molecule has 0 aromatic heterocycles. The Kier molecular flexibility index (Phi) is 9.90. The second-order valence-electron chi connectivity index (χ2n) is 8.62. The molecular formula is C29H29N5O3. The number of unbranched alkanes of at least 4 members (excludes halogenated alkanes) is 3. The minimum absolute atomic E-state index is 0.139. The molecule has 3 aromatic rings. The van der Waals surface area contributed by atoms with Gasteiger partial charge in [-0.2, -0.15) is 15.5 Å². The fourth-order valence-electron chi connectivity index (χ4n) is 3.66. The van der Waals surface area contributed by atoms with Crippen LogP contribution in [0.3, 0.4) is 0 Å². The zero-order chi connectivity index (χ0) is 26.6. The molecule has 3 rings (SSSR count). The zero-order valence-electron chi connectivity index (χ0n) is 21.0. The van der Waals surface area contributed by atoms with Crippen LogP contribution in [-0.2, 0) is 0 Å². The predicted octanol–water partition coefficient (Wildman–Crippen LogP) is 6.58. The van der Waals surface area contributed by atoms with E-state index >= 15 is 0 Å². The molecule has 0 saturated heterocycles. The van der Waals surface area contributed by atoms with Gasteiger partial charge in [0.25, 0.3) is 5.69 Å². The number of nitriles is 1. The van der Waals surface area contributed by atoms with Crippen molar-refractivity contribution in [1.82, 2.24) is 0 Å². The van der Waals surface area contributed by atoms with Crippen LogP contribution in [0.5, 0.6) is 0 Å². The van der Waals surface area contributed by atoms with Crippen LogP contribution in [0.4, 0.5) is 22.7 Å². The van der Waals surface area contributed by atoms with E-state index in [2.05, 4.69) is 34.0 Å². The summed E-state index contributed by atoms with van der Waals surface area (Å²) in [7, 11) is 2.07. The monoisotopic (exact) mass is 495 g/mol. The number of nitro groups is 1. The first-order chi connectivity index (χ1) is 17.9.